The van der Waals surface area contributed by atoms with Gasteiger partial charge < -0.3 is 10.2 Å². The molecule has 0 aromatic carbocycles. The quantitative estimate of drug-likeness (QED) is 0.713. The Morgan fingerprint density at radius 1 is 1.32 bits per heavy atom. The van der Waals surface area contributed by atoms with Gasteiger partial charge in [-0.3, -0.25) is 4.52 Å². The van der Waals surface area contributed by atoms with Crippen LogP contribution in [0.5, 0.6) is 0 Å². The summed E-state index contributed by atoms with van der Waals surface area (Å²) in [5, 5.41) is 11.8. The third-order valence-electron chi connectivity index (χ3n) is 3.01. The molecule has 0 aliphatic rings. The molecule has 9 nitrogen and oxygen atoms in total. The number of aryl methyl sites for hydroxylation is 1. The Morgan fingerprint density at radius 2 is 2.18 bits per heavy atom. The van der Waals surface area contributed by atoms with Crippen molar-refractivity contribution in [2.45, 2.75) is 19.4 Å². The third kappa shape index (κ3) is 2.81. The summed E-state index contributed by atoms with van der Waals surface area (Å²) in [5.74, 6) is 0.0533. The first-order chi connectivity index (χ1) is 10.7. The molecule has 3 aromatic heterocycles. The lowest BCUT2D eigenvalue weighted by Gasteiger charge is -2.00. The normalized spacial score (nSPS) is 11.2. The summed E-state index contributed by atoms with van der Waals surface area (Å²) in [4.78, 5) is 11.8. The van der Waals surface area contributed by atoms with E-state index in [0.29, 0.717) is 41.6 Å². The zero-order valence-corrected chi connectivity index (χ0v) is 12.1. The summed E-state index contributed by atoms with van der Waals surface area (Å²) in [7, 11) is 0. The highest BCUT2D eigenvalue weighted by atomic mass is 35.5. The molecule has 0 unspecified atom stereocenters. The molecule has 0 aliphatic heterocycles. The van der Waals surface area contributed by atoms with E-state index in [2.05, 4.69) is 15.5 Å². The molecule has 2 N–H and O–H groups in total. The Balaban J connectivity index is 1.95. The van der Waals surface area contributed by atoms with Crippen LogP contribution in [-0.4, -0.2) is 26.6 Å². The summed E-state index contributed by atoms with van der Waals surface area (Å²) in [6.45, 7) is 0.608. The van der Waals surface area contributed by atoms with E-state index < -0.39 is 5.76 Å². The Bertz CT molecular complexity index is 817. The largest absolute Gasteiger partial charge is 0.466 e. The minimum atomic E-state index is -0.643. The lowest BCUT2D eigenvalue weighted by Crippen LogP contribution is -2.16. The van der Waals surface area contributed by atoms with Crippen LogP contribution in [0.2, 0.25) is 5.02 Å². The molecular formula is C12H12ClN5O4. The average Bonchev–Trinajstić information content (AvgIpc) is 3.20. The minimum absolute atomic E-state index is 0.105. The molecule has 0 radical (unpaired) electrons. The molecule has 10 heteroatoms. The number of nitrogens with two attached hydrogens (primary N) is 1. The molecule has 0 spiro atoms. The number of rotatable bonds is 6. The molecule has 0 fully saturated rings. The lowest BCUT2D eigenvalue weighted by molar-refractivity contribution is 0.303. The zero-order valence-electron chi connectivity index (χ0n) is 11.4. The van der Waals surface area contributed by atoms with E-state index in [9.17, 15) is 4.79 Å². The molecule has 3 rings (SSSR count). The minimum Gasteiger partial charge on any atom is -0.466 e. The molecule has 3 aromatic rings. The molecular weight excluding hydrogens is 314 g/mol. The first-order valence-electron chi connectivity index (χ1n) is 6.50. The molecule has 0 saturated heterocycles. The van der Waals surface area contributed by atoms with Crippen LogP contribution in [0.15, 0.2) is 30.7 Å². The number of furan rings is 1. The van der Waals surface area contributed by atoms with Gasteiger partial charge in [0.05, 0.1) is 11.6 Å². The number of hydrogen-bond acceptors (Lipinski definition) is 8. The van der Waals surface area contributed by atoms with Crippen molar-refractivity contribution in [3.63, 3.8) is 0 Å². The Kier molecular flexibility index (Phi) is 4.07. The summed E-state index contributed by atoms with van der Waals surface area (Å²) >= 11 is 5.79. The summed E-state index contributed by atoms with van der Waals surface area (Å²) < 4.78 is 15.9. The van der Waals surface area contributed by atoms with Crippen LogP contribution in [0.1, 0.15) is 17.9 Å². The van der Waals surface area contributed by atoms with Crippen LogP contribution in [0.4, 0.5) is 0 Å². The molecule has 22 heavy (non-hydrogen) atoms. The van der Waals surface area contributed by atoms with Gasteiger partial charge in [0.1, 0.15) is 17.7 Å². The van der Waals surface area contributed by atoms with Gasteiger partial charge in [-0.25, -0.2) is 14.0 Å². The predicted octanol–water partition coefficient (Wildman–Crippen LogP) is 1.07. The number of nitrogens with zero attached hydrogens (tertiary/aromatic N) is 4. The molecule has 0 bridgehead atoms. The van der Waals surface area contributed by atoms with Crippen molar-refractivity contribution in [3.8, 4) is 11.5 Å². The predicted molar refractivity (Wildman–Crippen MR) is 74.3 cm³/mol. The third-order valence-corrected chi connectivity index (χ3v) is 3.21. The second-order valence-electron chi connectivity index (χ2n) is 4.54. The molecule has 0 amide bonds. The maximum Gasteiger partial charge on any atom is 0.442 e. The van der Waals surface area contributed by atoms with Crippen LogP contribution in [0.25, 0.3) is 11.5 Å². The van der Waals surface area contributed by atoms with E-state index in [-0.39, 0.29) is 12.4 Å². The number of halogens is 1. The van der Waals surface area contributed by atoms with Crippen LogP contribution in [0.3, 0.4) is 0 Å². The van der Waals surface area contributed by atoms with Crippen molar-refractivity contribution in [2.24, 2.45) is 5.73 Å². The smallest absolute Gasteiger partial charge is 0.442 e. The Morgan fingerprint density at radius 3 is 2.91 bits per heavy atom. The van der Waals surface area contributed by atoms with Crippen LogP contribution < -0.4 is 11.5 Å². The van der Waals surface area contributed by atoms with Crippen LogP contribution >= 0.6 is 11.6 Å². The monoisotopic (exact) mass is 325 g/mol. The summed E-state index contributed by atoms with van der Waals surface area (Å²) in [6.07, 6.45) is 2.64. The van der Waals surface area contributed by atoms with Gasteiger partial charge in [-0.2, -0.15) is 0 Å². The van der Waals surface area contributed by atoms with E-state index in [0.717, 1.165) is 0 Å². The second-order valence-corrected chi connectivity index (χ2v) is 4.98. The Labute approximate surface area is 128 Å². The highest BCUT2D eigenvalue weighted by Crippen LogP contribution is 2.20. The van der Waals surface area contributed by atoms with E-state index in [1.54, 1.807) is 6.07 Å². The zero-order chi connectivity index (χ0) is 15.5. The highest BCUT2D eigenvalue weighted by molar-refractivity contribution is 6.30. The topological polar surface area (TPSA) is 126 Å². The van der Waals surface area contributed by atoms with Crippen molar-refractivity contribution in [2.75, 3.05) is 6.54 Å². The van der Waals surface area contributed by atoms with Gasteiger partial charge in [0.25, 0.3) is 0 Å². The van der Waals surface area contributed by atoms with Gasteiger partial charge in [-0.1, -0.05) is 21.9 Å². The van der Waals surface area contributed by atoms with Gasteiger partial charge in [0.15, 0.2) is 5.69 Å². The fourth-order valence-corrected chi connectivity index (χ4v) is 2.15. The van der Waals surface area contributed by atoms with Gasteiger partial charge in [-0.15, -0.1) is 0 Å². The number of aromatic nitrogens is 4. The van der Waals surface area contributed by atoms with Gasteiger partial charge >= 0.3 is 5.76 Å². The van der Waals surface area contributed by atoms with Gasteiger partial charge in [-0.05, 0) is 24.5 Å². The summed E-state index contributed by atoms with van der Waals surface area (Å²) in [6, 6.07) is 1.60. The molecule has 0 atom stereocenters. The van der Waals surface area contributed by atoms with Crippen molar-refractivity contribution >= 4 is 11.6 Å². The lowest BCUT2D eigenvalue weighted by atomic mass is 10.2. The van der Waals surface area contributed by atoms with E-state index in [1.165, 1.54) is 10.8 Å². The van der Waals surface area contributed by atoms with Crippen molar-refractivity contribution in [1.29, 1.82) is 0 Å². The van der Waals surface area contributed by atoms with E-state index in [1.807, 2.05) is 0 Å². The maximum absolute atomic E-state index is 11.8. The molecule has 0 saturated carbocycles. The molecule has 0 aliphatic carbocycles. The van der Waals surface area contributed by atoms with Crippen molar-refractivity contribution in [3.05, 3.63) is 39.4 Å². The SMILES string of the molecule is NCCCc1nonc1-c1noc(=O)n1Cc1cc(Cl)co1. The maximum atomic E-state index is 11.8. The van der Waals surface area contributed by atoms with E-state index in [4.69, 9.17) is 30.9 Å². The standard InChI is InChI=1S/C12H12ClN5O4/c13-7-4-8(20-6-7)5-18-11(17-21-12(18)19)10-9(2-1-3-14)15-22-16-10/h4,6H,1-3,5,14H2. The van der Waals surface area contributed by atoms with Gasteiger partial charge in [0.2, 0.25) is 5.82 Å². The highest BCUT2D eigenvalue weighted by Gasteiger charge is 2.21. The molecule has 116 valence electrons. The Hall–Kier alpha value is -2.39. The summed E-state index contributed by atoms with van der Waals surface area (Å²) in [5.41, 5.74) is 6.38. The first-order valence-corrected chi connectivity index (χ1v) is 6.88. The van der Waals surface area contributed by atoms with Crippen LogP contribution in [0, 0.1) is 0 Å². The van der Waals surface area contributed by atoms with Crippen molar-refractivity contribution in [1.82, 2.24) is 20.0 Å². The fourth-order valence-electron chi connectivity index (χ4n) is 1.98. The first kappa shape index (κ1) is 14.5. The van der Waals surface area contributed by atoms with Gasteiger partial charge in [0, 0.05) is 6.07 Å². The van der Waals surface area contributed by atoms with Crippen molar-refractivity contribution < 1.29 is 13.6 Å². The average molecular weight is 326 g/mol. The van der Waals surface area contributed by atoms with E-state index >= 15 is 0 Å². The fraction of sp³-hybridized carbons (Fsp3) is 0.333. The number of hydrogen-bond donors (Lipinski definition) is 1. The van der Waals surface area contributed by atoms with Crippen LogP contribution in [-0.2, 0) is 13.0 Å². The molecule has 3 heterocycles. The second kappa shape index (κ2) is 6.16.